The van der Waals surface area contributed by atoms with Crippen molar-refractivity contribution in [3.63, 3.8) is 0 Å². The van der Waals surface area contributed by atoms with E-state index >= 15 is 0 Å². The number of ether oxygens (including phenoxy) is 1. The van der Waals surface area contributed by atoms with Gasteiger partial charge >= 0.3 is 6.09 Å². The van der Waals surface area contributed by atoms with Crippen LogP contribution in [0.15, 0.2) is 55.0 Å². The number of nitrogens with zero attached hydrogens (tertiary/aromatic N) is 5. The number of hydrogen-bond acceptors (Lipinski definition) is 8. The standard InChI is InChI=1S/C28H28ClN9O4/c1-16-4-3-5-21(33-25(39)11-6-17-12-18(29)7-10-24(17)38-15-31-36-37-38)26-30-14-23(34-26)20-9-8-19(32-28(41)42-2)13-22(20)35-27(16)40/h6-16,21H,3-5H2,1-2H3,(H,30,34)(H,32,41)(H,33,39)(H,35,40)/b11-6+/t16-,21+/m1/s1. The van der Waals surface area contributed by atoms with Gasteiger partial charge in [0.05, 0.1) is 30.2 Å². The Morgan fingerprint density at radius 3 is 2.83 bits per heavy atom. The smallest absolute Gasteiger partial charge is 0.411 e. The normalized spacial score (nSPS) is 17.0. The predicted molar refractivity (Wildman–Crippen MR) is 156 cm³/mol. The van der Waals surface area contributed by atoms with Gasteiger partial charge in [-0.05, 0) is 65.7 Å². The first-order valence-electron chi connectivity index (χ1n) is 13.2. The van der Waals surface area contributed by atoms with Crippen molar-refractivity contribution in [1.82, 2.24) is 35.5 Å². The van der Waals surface area contributed by atoms with Crippen LogP contribution in [0.4, 0.5) is 16.2 Å². The molecule has 2 bridgehead atoms. The highest BCUT2D eigenvalue weighted by Crippen LogP contribution is 2.32. The van der Waals surface area contributed by atoms with Gasteiger partial charge in [0.1, 0.15) is 12.2 Å². The number of methoxy groups -OCH3 is 1. The van der Waals surface area contributed by atoms with E-state index in [4.69, 9.17) is 16.6 Å². The van der Waals surface area contributed by atoms with E-state index in [0.29, 0.717) is 64.0 Å². The summed E-state index contributed by atoms with van der Waals surface area (Å²) < 4.78 is 6.16. The fourth-order valence-electron chi connectivity index (χ4n) is 4.59. The van der Waals surface area contributed by atoms with E-state index in [-0.39, 0.29) is 17.7 Å². The Morgan fingerprint density at radius 2 is 2.05 bits per heavy atom. The van der Waals surface area contributed by atoms with Gasteiger partial charge in [-0.15, -0.1) is 5.10 Å². The number of nitrogens with one attached hydrogen (secondary N) is 4. The molecule has 3 amide bonds. The second-order valence-electron chi connectivity index (χ2n) is 9.72. The average molecular weight is 590 g/mol. The number of fused-ring (bicyclic) bond motifs is 4. The summed E-state index contributed by atoms with van der Waals surface area (Å²) in [4.78, 5) is 45.8. The van der Waals surface area contributed by atoms with Crippen LogP contribution >= 0.6 is 11.6 Å². The average Bonchev–Trinajstić information content (AvgIpc) is 3.68. The fraction of sp³-hybridized carbons (Fsp3) is 0.250. The van der Waals surface area contributed by atoms with Gasteiger partial charge in [0, 0.05) is 40.0 Å². The van der Waals surface area contributed by atoms with E-state index in [1.807, 2.05) is 6.92 Å². The highest BCUT2D eigenvalue weighted by molar-refractivity contribution is 6.30. The number of aromatic nitrogens is 6. The lowest BCUT2D eigenvalue weighted by Gasteiger charge is -2.19. The van der Waals surface area contributed by atoms with Crippen molar-refractivity contribution < 1.29 is 19.1 Å². The van der Waals surface area contributed by atoms with Crippen LogP contribution in [0.25, 0.3) is 23.0 Å². The van der Waals surface area contributed by atoms with Crippen molar-refractivity contribution in [2.75, 3.05) is 17.7 Å². The van der Waals surface area contributed by atoms with Gasteiger partial charge in [-0.2, -0.15) is 4.68 Å². The number of benzene rings is 2. The van der Waals surface area contributed by atoms with Gasteiger partial charge in [0.15, 0.2) is 0 Å². The van der Waals surface area contributed by atoms with Gasteiger partial charge in [-0.3, -0.25) is 14.9 Å². The van der Waals surface area contributed by atoms with Gasteiger partial charge in [0.2, 0.25) is 11.8 Å². The minimum atomic E-state index is -0.625. The molecule has 2 aromatic carbocycles. The number of halogens is 1. The van der Waals surface area contributed by atoms with Crippen LogP contribution in [0.1, 0.15) is 43.6 Å². The maximum absolute atomic E-state index is 13.1. The number of anilines is 2. The quantitative estimate of drug-likeness (QED) is 0.246. The highest BCUT2D eigenvalue weighted by Gasteiger charge is 2.23. The lowest BCUT2D eigenvalue weighted by atomic mass is 9.99. The summed E-state index contributed by atoms with van der Waals surface area (Å²) >= 11 is 6.20. The number of carbonyl (C=O) groups is 3. The van der Waals surface area contributed by atoms with Crippen molar-refractivity contribution in [3.8, 4) is 16.9 Å². The van der Waals surface area contributed by atoms with Crippen molar-refractivity contribution in [3.05, 3.63) is 71.4 Å². The second kappa shape index (κ2) is 12.6. The van der Waals surface area contributed by atoms with Crippen LogP contribution in [0.2, 0.25) is 5.02 Å². The number of tetrazole rings is 1. The molecule has 4 aromatic rings. The zero-order valence-corrected chi connectivity index (χ0v) is 23.6. The molecule has 0 unspecified atom stereocenters. The van der Waals surface area contributed by atoms with E-state index in [2.05, 4.69) is 41.2 Å². The van der Waals surface area contributed by atoms with Gasteiger partial charge in [0.25, 0.3) is 0 Å². The minimum absolute atomic E-state index is 0.161. The number of aromatic amines is 1. The van der Waals surface area contributed by atoms with Crippen molar-refractivity contribution in [1.29, 1.82) is 0 Å². The van der Waals surface area contributed by atoms with Crippen LogP contribution in [0.3, 0.4) is 0 Å². The molecule has 42 heavy (non-hydrogen) atoms. The molecule has 0 radical (unpaired) electrons. The summed E-state index contributed by atoms with van der Waals surface area (Å²) in [5.74, 6) is -0.213. The molecule has 0 saturated heterocycles. The van der Waals surface area contributed by atoms with E-state index in [1.54, 1.807) is 48.7 Å². The Morgan fingerprint density at radius 1 is 1.19 bits per heavy atom. The molecular formula is C28H28ClN9O4. The predicted octanol–water partition coefficient (Wildman–Crippen LogP) is 4.51. The Balaban J connectivity index is 1.40. The topological polar surface area (TPSA) is 169 Å². The summed E-state index contributed by atoms with van der Waals surface area (Å²) in [6.45, 7) is 1.85. The van der Waals surface area contributed by atoms with E-state index < -0.39 is 12.1 Å². The van der Waals surface area contributed by atoms with Gasteiger partial charge in [-0.25, -0.2) is 9.78 Å². The van der Waals surface area contributed by atoms with Crippen LogP contribution < -0.4 is 16.0 Å². The third-order valence-corrected chi connectivity index (χ3v) is 7.04. The highest BCUT2D eigenvalue weighted by atomic mass is 35.5. The molecule has 1 aliphatic heterocycles. The summed E-state index contributed by atoms with van der Waals surface area (Å²) in [6.07, 6.45) is 7.42. The molecule has 0 spiro atoms. The molecule has 1 aliphatic rings. The summed E-state index contributed by atoms with van der Waals surface area (Å²) in [5, 5.41) is 20.4. The molecule has 4 N–H and O–H groups in total. The zero-order valence-electron chi connectivity index (χ0n) is 22.8. The van der Waals surface area contributed by atoms with Gasteiger partial charge in [-0.1, -0.05) is 24.9 Å². The van der Waals surface area contributed by atoms with Crippen LogP contribution in [0, 0.1) is 5.92 Å². The zero-order chi connectivity index (χ0) is 29.6. The van der Waals surface area contributed by atoms with Gasteiger partial charge < -0.3 is 20.4 Å². The molecule has 2 aromatic heterocycles. The lowest BCUT2D eigenvalue weighted by molar-refractivity contribution is -0.120. The third-order valence-electron chi connectivity index (χ3n) is 6.81. The maximum Gasteiger partial charge on any atom is 0.411 e. The summed E-state index contributed by atoms with van der Waals surface area (Å²) in [5.41, 5.74) is 3.47. The summed E-state index contributed by atoms with van der Waals surface area (Å²) in [6, 6.07) is 9.85. The van der Waals surface area contributed by atoms with Crippen molar-refractivity contribution in [2.45, 2.75) is 32.2 Å². The largest absolute Gasteiger partial charge is 0.453 e. The molecule has 0 aliphatic carbocycles. The van der Waals surface area contributed by atoms with E-state index in [9.17, 15) is 14.4 Å². The fourth-order valence-corrected chi connectivity index (χ4v) is 4.77. The molecule has 13 nitrogen and oxygen atoms in total. The number of hydrogen-bond donors (Lipinski definition) is 4. The first kappa shape index (κ1) is 28.5. The Labute approximate surface area is 245 Å². The number of amides is 3. The number of imidazole rings is 1. The number of rotatable bonds is 5. The second-order valence-corrected chi connectivity index (χ2v) is 10.2. The monoisotopic (exact) mass is 589 g/mol. The number of H-pyrrole nitrogens is 1. The van der Waals surface area contributed by atoms with Crippen LogP contribution in [0.5, 0.6) is 0 Å². The molecular weight excluding hydrogens is 562 g/mol. The number of carbonyl (C=O) groups excluding carboxylic acids is 3. The molecule has 14 heteroatoms. The molecule has 5 rings (SSSR count). The third kappa shape index (κ3) is 6.63. The SMILES string of the molecule is COC(=O)Nc1ccc2c(c1)NC(=O)[C@H](C)CCC[C@H](NC(=O)/C=C/c1cc(Cl)ccc1-n1cnnn1)c1nc-2c[nH]1. The Bertz CT molecular complexity index is 1630. The van der Waals surface area contributed by atoms with Crippen molar-refractivity contribution in [2.24, 2.45) is 5.92 Å². The molecule has 3 heterocycles. The maximum atomic E-state index is 13.1. The molecule has 0 fully saturated rings. The first-order chi connectivity index (χ1) is 20.3. The summed E-state index contributed by atoms with van der Waals surface area (Å²) in [7, 11) is 1.27. The lowest BCUT2D eigenvalue weighted by Crippen LogP contribution is -2.28. The molecule has 216 valence electrons. The van der Waals surface area contributed by atoms with E-state index in [0.717, 1.165) is 0 Å². The van der Waals surface area contributed by atoms with Crippen molar-refractivity contribution >= 4 is 47.0 Å². The van der Waals surface area contributed by atoms with Crippen LogP contribution in [-0.4, -0.2) is 55.2 Å². The Kier molecular flexibility index (Phi) is 8.58. The Hall–Kier alpha value is -5.04. The van der Waals surface area contributed by atoms with Crippen LogP contribution in [-0.2, 0) is 14.3 Å². The molecule has 2 atom stereocenters. The molecule has 0 saturated carbocycles. The first-order valence-corrected chi connectivity index (χ1v) is 13.6. The minimum Gasteiger partial charge on any atom is -0.453 e. The van der Waals surface area contributed by atoms with E-state index in [1.165, 1.54) is 24.2 Å².